The van der Waals surface area contributed by atoms with Gasteiger partial charge in [-0.2, -0.15) is 0 Å². The summed E-state index contributed by atoms with van der Waals surface area (Å²) in [5, 5.41) is 0. The van der Waals surface area contributed by atoms with Gasteiger partial charge in [0.05, 0.1) is 6.20 Å². The minimum Gasteiger partial charge on any atom is -0.382 e. The Balaban J connectivity index is 1.79. The summed E-state index contributed by atoms with van der Waals surface area (Å²) < 4.78 is 1.98. The Kier molecular flexibility index (Phi) is 2.40. The molecule has 5 heteroatoms. The fraction of sp³-hybridized carbons (Fsp3) is 0.571. The smallest absolute Gasteiger partial charge is 0.180 e. The molecule has 2 atom stereocenters. The number of nitrogens with zero attached hydrogens (tertiary/aromatic N) is 4. The molecule has 2 aromatic heterocycles. The molecule has 19 heavy (non-hydrogen) atoms. The molecule has 0 bridgehead atoms. The fourth-order valence-electron chi connectivity index (χ4n) is 3.80. The van der Waals surface area contributed by atoms with Gasteiger partial charge in [-0.25, -0.2) is 9.97 Å². The molecule has 2 aromatic rings. The van der Waals surface area contributed by atoms with Gasteiger partial charge in [-0.05, 0) is 25.2 Å². The van der Waals surface area contributed by atoms with Crippen LogP contribution in [-0.4, -0.2) is 27.0 Å². The third kappa shape index (κ3) is 1.68. The van der Waals surface area contributed by atoms with Gasteiger partial charge in [0.2, 0.25) is 0 Å². The van der Waals surface area contributed by atoms with Crippen LogP contribution < -0.4 is 10.6 Å². The number of imidazole rings is 1. The second-order valence-corrected chi connectivity index (χ2v) is 5.74. The summed E-state index contributed by atoms with van der Waals surface area (Å²) >= 11 is 0. The van der Waals surface area contributed by atoms with Crippen molar-refractivity contribution in [3.05, 3.63) is 18.6 Å². The molecule has 1 aliphatic carbocycles. The van der Waals surface area contributed by atoms with E-state index in [0.29, 0.717) is 11.9 Å². The van der Waals surface area contributed by atoms with Gasteiger partial charge in [0.1, 0.15) is 5.82 Å². The standard InChI is InChI=1S/C14H19N5/c15-12-9-18-8-6-16-13(18)14(17-12)19-7-5-10-3-1-2-4-11(10)19/h6,8-11H,1-5,7,15H2. The summed E-state index contributed by atoms with van der Waals surface area (Å²) in [6.45, 7) is 1.09. The highest BCUT2D eigenvalue weighted by Gasteiger charge is 2.37. The highest BCUT2D eigenvalue weighted by atomic mass is 15.3. The maximum atomic E-state index is 5.93. The molecule has 2 unspecified atom stereocenters. The summed E-state index contributed by atoms with van der Waals surface area (Å²) in [5.41, 5.74) is 6.86. The zero-order valence-corrected chi connectivity index (χ0v) is 11.0. The minimum atomic E-state index is 0.569. The molecule has 100 valence electrons. The maximum absolute atomic E-state index is 5.93. The van der Waals surface area contributed by atoms with Crippen molar-refractivity contribution in [1.82, 2.24) is 14.4 Å². The van der Waals surface area contributed by atoms with Gasteiger partial charge >= 0.3 is 0 Å². The van der Waals surface area contributed by atoms with Crippen LogP contribution in [0.15, 0.2) is 18.6 Å². The van der Waals surface area contributed by atoms with Gasteiger partial charge in [0.15, 0.2) is 11.5 Å². The topological polar surface area (TPSA) is 59.5 Å². The monoisotopic (exact) mass is 257 g/mol. The van der Waals surface area contributed by atoms with Gasteiger partial charge in [0.25, 0.3) is 0 Å². The van der Waals surface area contributed by atoms with E-state index in [1.165, 1.54) is 32.1 Å². The minimum absolute atomic E-state index is 0.569. The third-order valence-corrected chi connectivity index (χ3v) is 4.66. The summed E-state index contributed by atoms with van der Waals surface area (Å²) in [7, 11) is 0. The highest BCUT2D eigenvalue weighted by molar-refractivity contribution is 5.67. The van der Waals surface area contributed by atoms with E-state index < -0.39 is 0 Å². The molecule has 0 aromatic carbocycles. The van der Waals surface area contributed by atoms with Crippen LogP contribution in [0, 0.1) is 5.92 Å². The number of nitrogens with two attached hydrogens (primary N) is 1. The Labute approximate surface area is 112 Å². The normalized spacial score (nSPS) is 26.8. The number of anilines is 2. The molecular formula is C14H19N5. The van der Waals surface area contributed by atoms with Gasteiger partial charge in [-0.15, -0.1) is 0 Å². The zero-order valence-electron chi connectivity index (χ0n) is 11.0. The second kappa shape index (κ2) is 4.11. The van der Waals surface area contributed by atoms with E-state index in [-0.39, 0.29) is 0 Å². The largest absolute Gasteiger partial charge is 0.382 e. The van der Waals surface area contributed by atoms with Crippen LogP contribution in [0.1, 0.15) is 32.1 Å². The average molecular weight is 257 g/mol. The molecule has 1 saturated heterocycles. The van der Waals surface area contributed by atoms with Crippen molar-refractivity contribution in [2.45, 2.75) is 38.1 Å². The molecule has 2 aliphatic rings. The van der Waals surface area contributed by atoms with Crippen LogP contribution in [0.4, 0.5) is 11.6 Å². The summed E-state index contributed by atoms with van der Waals surface area (Å²) in [6, 6.07) is 0.642. The highest BCUT2D eigenvalue weighted by Crippen LogP contribution is 2.39. The average Bonchev–Trinajstić information content (AvgIpc) is 3.03. The molecule has 1 aliphatic heterocycles. The van der Waals surface area contributed by atoms with Crippen molar-refractivity contribution < 1.29 is 0 Å². The molecule has 2 fully saturated rings. The molecule has 0 spiro atoms. The van der Waals surface area contributed by atoms with E-state index in [1.807, 2.05) is 23.0 Å². The number of rotatable bonds is 1. The number of hydrogen-bond donors (Lipinski definition) is 1. The third-order valence-electron chi connectivity index (χ3n) is 4.66. The quantitative estimate of drug-likeness (QED) is 0.849. The summed E-state index contributed by atoms with van der Waals surface area (Å²) in [4.78, 5) is 11.5. The van der Waals surface area contributed by atoms with E-state index in [1.54, 1.807) is 0 Å². The molecule has 0 radical (unpaired) electrons. The van der Waals surface area contributed by atoms with Crippen molar-refractivity contribution in [2.24, 2.45) is 5.92 Å². The van der Waals surface area contributed by atoms with Gasteiger partial charge < -0.3 is 15.0 Å². The number of aromatic nitrogens is 3. The molecule has 1 saturated carbocycles. The molecule has 5 nitrogen and oxygen atoms in total. The van der Waals surface area contributed by atoms with Crippen molar-refractivity contribution >= 4 is 17.3 Å². The lowest BCUT2D eigenvalue weighted by Gasteiger charge is -2.32. The summed E-state index contributed by atoms with van der Waals surface area (Å²) in [5.74, 6) is 2.38. The lowest BCUT2D eigenvalue weighted by molar-refractivity contribution is 0.341. The lowest BCUT2D eigenvalue weighted by atomic mass is 9.85. The van der Waals surface area contributed by atoms with Crippen molar-refractivity contribution in [3.63, 3.8) is 0 Å². The van der Waals surface area contributed by atoms with E-state index in [2.05, 4.69) is 14.9 Å². The fourth-order valence-corrected chi connectivity index (χ4v) is 3.80. The number of fused-ring (bicyclic) bond motifs is 2. The van der Waals surface area contributed by atoms with Crippen LogP contribution in [0.2, 0.25) is 0 Å². The Morgan fingerprint density at radius 1 is 1.21 bits per heavy atom. The first-order chi connectivity index (χ1) is 9.33. The molecule has 3 heterocycles. The van der Waals surface area contributed by atoms with E-state index >= 15 is 0 Å². The lowest BCUT2D eigenvalue weighted by Crippen LogP contribution is -2.35. The maximum Gasteiger partial charge on any atom is 0.180 e. The molecule has 4 rings (SSSR count). The Hall–Kier alpha value is -1.78. The van der Waals surface area contributed by atoms with Gasteiger partial charge in [-0.1, -0.05) is 12.8 Å². The first kappa shape index (κ1) is 11.1. The Bertz CT molecular complexity index is 605. The van der Waals surface area contributed by atoms with Crippen LogP contribution in [0.25, 0.3) is 5.65 Å². The summed E-state index contributed by atoms with van der Waals surface area (Å²) in [6.07, 6.45) is 12.2. The van der Waals surface area contributed by atoms with Crippen molar-refractivity contribution in [1.29, 1.82) is 0 Å². The van der Waals surface area contributed by atoms with Crippen LogP contribution in [0.3, 0.4) is 0 Å². The predicted molar refractivity (Wildman–Crippen MR) is 75.1 cm³/mol. The van der Waals surface area contributed by atoms with Crippen molar-refractivity contribution in [3.8, 4) is 0 Å². The van der Waals surface area contributed by atoms with E-state index in [4.69, 9.17) is 5.73 Å². The first-order valence-corrected chi connectivity index (χ1v) is 7.19. The second-order valence-electron chi connectivity index (χ2n) is 5.74. The van der Waals surface area contributed by atoms with Gasteiger partial charge in [0, 0.05) is 25.0 Å². The Morgan fingerprint density at radius 2 is 2.11 bits per heavy atom. The van der Waals surface area contributed by atoms with E-state index in [0.717, 1.165) is 23.9 Å². The molecule has 0 amide bonds. The number of hydrogen-bond acceptors (Lipinski definition) is 4. The number of nitrogen functional groups attached to an aromatic ring is 1. The Morgan fingerprint density at radius 3 is 3.05 bits per heavy atom. The van der Waals surface area contributed by atoms with Crippen LogP contribution >= 0.6 is 0 Å². The SMILES string of the molecule is Nc1cn2ccnc2c(N2CCC3CCCCC32)n1. The van der Waals surface area contributed by atoms with Crippen LogP contribution in [0.5, 0.6) is 0 Å². The van der Waals surface area contributed by atoms with E-state index in [9.17, 15) is 0 Å². The van der Waals surface area contributed by atoms with Crippen LogP contribution in [-0.2, 0) is 0 Å². The predicted octanol–water partition coefficient (Wildman–Crippen LogP) is 2.08. The molecule has 2 N–H and O–H groups in total. The van der Waals surface area contributed by atoms with Crippen molar-refractivity contribution in [2.75, 3.05) is 17.2 Å². The first-order valence-electron chi connectivity index (χ1n) is 7.19. The zero-order chi connectivity index (χ0) is 12.8. The van der Waals surface area contributed by atoms with Gasteiger partial charge in [-0.3, -0.25) is 0 Å². The molecular weight excluding hydrogens is 238 g/mol.